The van der Waals surface area contributed by atoms with E-state index in [1.165, 1.54) is 0 Å². The fraction of sp³-hybridized carbons (Fsp3) is 0.600. The molecule has 1 aliphatic carbocycles. The van der Waals surface area contributed by atoms with Crippen molar-refractivity contribution in [3.8, 4) is 0 Å². The average Bonchev–Trinajstić information content (AvgIpc) is 3.00. The Balaban J connectivity index is 1.90. The van der Waals surface area contributed by atoms with E-state index in [4.69, 9.17) is 4.74 Å². The molecular weight excluding hydrogens is 321 g/mol. The lowest BCUT2D eigenvalue weighted by molar-refractivity contribution is -0.169. The lowest BCUT2D eigenvalue weighted by Gasteiger charge is -2.31. The predicted molar refractivity (Wildman–Crippen MR) is 92.5 cm³/mol. The molecule has 4 atom stereocenters. The van der Waals surface area contributed by atoms with Crippen LogP contribution in [0, 0.1) is 11.3 Å². The van der Waals surface area contributed by atoms with Crippen LogP contribution in [0.2, 0.25) is 0 Å². The molecule has 1 heterocycles. The number of carbonyl (C=O) groups excluding carboxylic acids is 2. The van der Waals surface area contributed by atoms with Crippen molar-refractivity contribution >= 4 is 11.9 Å². The standard InChI is InChI=1S/C20H26FNO3/c1-13(14-8-6-5-7-9-14)22-12-20(18(24)25-19(2,3)4)11-15(21)10-16(20)17(22)23/h5-9,13,15-16H,10-12H2,1-4H3. The zero-order chi connectivity index (χ0) is 18.4. The molecule has 25 heavy (non-hydrogen) atoms. The van der Waals surface area contributed by atoms with Crippen molar-refractivity contribution in [2.45, 2.75) is 58.4 Å². The van der Waals surface area contributed by atoms with Gasteiger partial charge >= 0.3 is 5.97 Å². The quantitative estimate of drug-likeness (QED) is 0.784. The Bertz CT molecular complexity index is 669. The van der Waals surface area contributed by atoms with Gasteiger partial charge in [0.15, 0.2) is 0 Å². The highest BCUT2D eigenvalue weighted by Gasteiger charge is 2.64. The first-order valence-electron chi connectivity index (χ1n) is 8.87. The minimum absolute atomic E-state index is 0.0658. The maximum Gasteiger partial charge on any atom is 0.315 e. The van der Waals surface area contributed by atoms with E-state index in [1.54, 1.807) is 25.7 Å². The number of rotatable bonds is 3. The summed E-state index contributed by atoms with van der Waals surface area (Å²) in [4.78, 5) is 27.6. The summed E-state index contributed by atoms with van der Waals surface area (Å²) < 4.78 is 19.7. The molecule has 1 aromatic rings. The summed E-state index contributed by atoms with van der Waals surface area (Å²) >= 11 is 0. The molecule has 0 bridgehead atoms. The highest BCUT2D eigenvalue weighted by molar-refractivity contribution is 5.93. The van der Waals surface area contributed by atoms with Gasteiger partial charge < -0.3 is 9.64 Å². The molecule has 1 amide bonds. The van der Waals surface area contributed by atoms with Gasteiger partial charge in [-0.25, -0.2) is 4.39 Å². The van der Waals surface area contributed by atoms with E-state index in [1.807, 2.05) is 37.3 Å². The van der Waals surface area contributed by atoms with E-state index < -0.39 is 29.1 Å². The van der Waals surface area contributed by atoms with Crippen molar-refractivity contribution in [1.82, 2.24) is 4.90 Å². The van der Waals surface area contributed by atoms with Crippen LogP contribution in [0.1, 0.15) is 52.1 Å². The molecule has 2 fully saturated rings. The highest BCUT2D eigenvalue weighted by Crippen LogP contribution is 2.53. The Morgan fingerprint density at radius 3 is 2.56 bits per heavy atom. The molecule has 5 heteroatoms. The topological polar surface area (TPSA) is 46.6 Å². The number of esters is 1. The second-order valence-corrected chi connectivity index (χ2v) is 8.30. The van der Waals surface area contributed by atoms with Crippen LogP contribution in [-0.2, 0) is 14.3 Å². The molecule has 0 aromatic heterocycles. The van der Waals surface area contributed by atoms with E-state index in [2.05, 4.69) is 0 Å². The third-order valence-electron chi connectivity index (χ3n) is 5.33. The number of fused-ring (bicyclic) bond motifs is 1. The van der Waals surface area contributed by atoms with Gasteiger partial charge in [0.05, 0.1) is 17.4 Å². The zero-order valence-corrected chi connectivity index (χ0v) is 15.3. The molecule has 1 aromatic carbocycles. The summed E-state index contributed by atoms with van der Waals surface area (Å²) in [6.07, 6.45) is -0.956. The van der Waals surface area contributed by atoms with Crippen molar-refractivity contribution in [3.63, 3.8) is 0 Å². The SMILES string of the molecule is CC(c1ccccc1)N1CC2(C(=O)OC(C)(C)C)CC(F)CC2C1=O. The summed E-state index contributed by atoms with van der Waals surface area (Å²) in [6.45, 7) is 7.55. The molecule has 0 spiro atoms. The molecule has 0 N–H and O–H groups in total. The molecule has 2 aliphatic rings. The molecule has 1 aliphatic heterocycles. The Morgan fingerprint density at radius 2 is 1.96 bits per heavy atom. The van der Waals surface area contributed by atoms with E-state index >= 15 is 0 Å². The number of benzene rings is 1. The highest BCUT2D eigenvalue weighted by atomic mass is 19.1. The number of ether oxygens (including phenoxy) is 1. The lowest BCUT2D eigenvalue weighted by atomic mass is 9.80. The number of amides is 1. The van der Waals surface area contributed by atoms with Crippen molar-refractivity contribution in [2.24, 2.45) is 11.3 Å². The molecule has 4 nitrogen and oxygen atoms in total. The molecule has 4 unspecified atom stereocenters. The van der Waals surface area contributed by atoms with Crippen LogP contribution in [0.25, 0.3) is 0 Å². The maximum atomic E-state index is 14.1. The number of alkyl halides is 1. The molecule has 136 valence electrons. The molecule has 3 rings (SSSR count). The van der Waals surface area contributed by atoms with Crippen LogP contribution in [0.4, 0.5) is 4.39 Å². The van der Waals surface area contributed by atoms with Gasteiger partial charge in [-0.1, -0.05) is 30.3 Å². The number of hydrogen-bond donors (Lipinski definition) is 0. The van der Waals surface area contributed by atoms with Crippen LogP contribution in [-0.4, -0.2) is 35.1 Å². The second kappa shape index (κ2) is 6.11. The normalized spacial score (nSPS) is 30.3. The monoisotopic (exact) mass is 347 g/mol. The first-order chi connectivity index (χ1) is 11.6. The van der Waals surface area contributed by atoms with E-state index in [0.29, 0.717) is 0 Å². The predicted octanol–water partition coefficient (Wildman–Crippen LogP) is 3.67. The van der Waals surface area contributed by atoms with Gasteiger partial charge in [-0.2, -0.15) is 0 Å². The number of halogens is 1. The summed E-state index contributed by atoms with van der Waals surface area (Å²) in [7, 11) is 0. The van der Waals surface area contributed by atoms with Gasteiger partial charge in [-0.05, 0) is 46.1 Å². The van der Waals surface area contributed by atoms with Crippen LogP contribution in [0.5, 0.6) is 0 Å². The largest absolute Gasteiger partial charge is 0.459 e. The third-order valence-corrected chi connectivity index (χ3v) is 5.33. The number of likely N-dealkylation sites (tertiary alicyclic amines) is 1. The maximum absolute atomic E-state index is 14.1. The lowest BCUT2D eigenvalue weighted by Crippen LogP contribution is -2.41. The number of nitrogens with zero attached hydrogens (tertiary/aromatic N) is 1. The van der Waals surface area contributed by atoms with Crippen molar-refractivity contribution in [3.05, 3.63) is 35.9 Å². The van der Waals surface area contributed by atoms with Crippen molar-refractivity contribution in [2.75, 3.05) is 6.54 Å². The Labute approximate surface area is 148 Å². The smallest absolute Gasteiger partial charge is 0.315 e. The van der Waals surface area contributed by atoms with Gasteiger partial charge in [0.1, 0.15) is 11.8 Å². The summed E-state index contributed by atoms with van der Waals surface area (Å²) in [6, 6.07) is 9.54. The molecule has 1 saturated carbocycles. The number of hydrogen-bond acceptors (Lipinski definition) is 3. The molecular formula is C20H26FNO3. The first kappa shape index (κ1) is 17.9. The molecule has 0 radical (unpaired) electrons. The van der Waals surface area contributed by atoms with E-state index in [9.17, 15) is 14.0 Å². The van der Waals surface area contributed by atoms with Crippen LogP contribution >= 0.6 is 0 Å². The first-order valence-corrected chi connectivity index (χ1v) is 8.87. The average molecular weight is 347 g/mol. The van der Waals surface area contributed by atoms with E-state index in [0.717, 1.165) is 5.56 Å². The summed E-state index contributed by atoms with van der Waals surface area (Å²) in [5.41, 5.74) is -0.717. The number of carbonyl (C=O) groups is 2. The summed E-state index contributed by atoms with van der Waals surface area (Å²) in [5, 5.41) is 0. The fourth-order valence-corrected chi connectivity index (χ4v) is 4.11. The van der Waals surface area contributed by atoms with Gasteiger partial charge in [0.2, 0.25) is 5.91 Å². The van der Waals surface area contributed by atoms with Crippen LogP contribution in [0.3, 0.4) is 0 Å². The third kappa shape index (κ3) is 3.16. The van der Waals surface area contributed by atoms with E-state index in [-0.39, 0.29) is 31.3 Å². The Hall–Kier alpha value is -1.91. The van der Waals surface area contributed by atoms with Gasteiger partial charge in [0, 0.05) is 6.54 Å². The van der Waals surface area contributed by atoms with Crippen LogP contribution in [0.15, 0.2) is 30.3 Å². The van der Waals surface area contributed by atoms with Crippen molar-refractivity contribution in [1.29, 1.82) is 0 Å². The second-order valence-electron chi connectivity index (χ2n) is 8.30. The van der Waals surface area contributed by atoms with Gasteiger partial charge in [-0.15, -0.1) is 0 Å². The van der Waals surface area contributed by atoms with Crippen LogP contribution < -0.4 is 0 Å². The Morgan fingerprint density at radius 1 is 1.32 bits per heavy atom. The summed E-state index contributed by atoms with van der Waals surface area (Å²) in [5.74, 6) is -1.20. The zero-order valence-electron chi connectivity index (χ0n) is 15.3. The Kier molecular flexibility index (Phi) is 4.38. The fourth-order valence-electron chi connectivity index (χ4n) is 4.11. The van der Waals surface area contributed by atoms with Crippen molar-refractivity contribution < 1.29 is 18.7 Å². The van der Waals surface area contributed by atoms with Gasteiger partial charge in [0.25, 0.3) is 0 Å². The minimum atomic E-state index is -1.13. The minimum Gasteiger partial charge on any atom is -0.459 e. The van der Waals surface area contributed by atoms with Gasteiger partial charge in [-0.3, -0.25) is 9.59 Å². The molecule has 1 saturated heterocycles.